The molecule has 0 atom stereocenters. The summed E-state index contributed by atoms with van der Waals surface area (Å²) in [5.41, 5.74) is 5.16. The molecule has 0 saturated heterocycles. The van der Waals surface area contributed by atoms with Gasteiger partial charge in [-0.3, -0.25) is 4.98 Å². The summed E-state index contributed by atoms with van der Waals surface area (Å²) in [6, 6.07) is 22.3. The zero-order valence-corrected chi connectivity index (χ0v) is 11.3. The summed E-state index contributed by atoms with van der Waals surface area (Å²) in [6.07, 6.45) is 1.78. The summed E-state index contributed by atoms with van der Waals surface area (Å²) >= 11 is 0. The number of H-pyrrole nitrogens is 1. The number of aromatic amines is 1. The normalized spacial score (nSPS) is 10.9. The first kappa shape index (κ1) is 11.9. The van der Waals surface area contributed by atoms with Gasteiger partial charge in [-0.15, -0.1) is 0 Å². The molecule has 2 aromatic heterocycles. The van der Waals surface area contributed by atoms with E-state index < -0.39 is 0 Å². The van der Waals surface area contributed by atoms with Gasteiger partial charge in [0.05, 0.1) is 11.0 Å². The molecule has 2 heterocycles. The van der Waals surface area contributed by atoms with Gasteiger partial charge in [0.15, 0.2) is 5.82 Å². The summed E-state index contributed by atoms with van der Waals surface area (Å²) in [4.78, 5) is 12.4. The van der Waals surface area contributed by atoms with Crippen molar-refractivity contribution in [1.82, 2.24) is 15.0 Å². The zero-order valence-electron chi connectivity index (χ0n) is 11.3. The van der Waals surface area contributed by atoms with Gasteiger partial charge in [0, 0.05) is 11.8 Å². The molecule has 0 saturated carbocycles. The van der Waals surface area contributed by atoms with E-state index in [-0.39, 0.29) is 0 Å². The van der Waals surface area contributed by atoms with E-state index in [1.54, 1.807) is 6.20 Å². The van der Waals surface area contributed by atoms with E-state index in [1.165, 1.54) is 5.56 Å². The fourth-order valence-electron chi connectivity index (χ4n) is 2.51. The van der Waals surface area contributed by atoms with Gasteiger partial charge < -0.3 is 4.98 Å². The minimum Gasteiger partial charge on any atom is -0.337 e. The Balaban J connectivity index is 1.93. The number of nitrogens with one attached hydrogen (secondary N) is 1. The third-order valence-corrected chi connectivity index (χ3v) is 3.51. The maximum absolute atomic E-state index is 4.74. The fourth-order valence-corrected chi connectivity index (χ4v) is 2.51. The Labute approximate surface area is 122 Å². The van der Waals surface area contributed by atoms with Gasteiger partial charge in [-0.05, 0) is 23.8 Å². The largest absolute Gasteiger partial charge is 0.337 e. The molecule has 21 heavy (non-hydrogen) atoms. The molecular weight excluding hydrogens is 258 g/mol. The van der Waals surface area contributed by atoms with Crippen LogP contribution in [0.15, 0.2) is 72.9 Å². The summed E-state index contributed by atoms with van der Waals surface area (Å²) < 4.78 is 0. The van der Waals surface area contributed by atoms with Crippen LogP contribution in [-0.4, -0.2) is 15.0 Å². The summed E-state index contributed by atoms with van der Waals surface area (Å²) in [7, 11) is 0. The van der Waals surface area contributed by atoms with Crippen molar-refractivity contribution in [2.45, 2.75) is 0 Å². The van der Waals surface area contributed by atoms with Crippen LogP contribution < -0.4 is 0 Å². The van der Waals surface area contributed by atoms with Crippen molar-refractivity contribution in [3.05, 3.63) is 72.9 Å². The lowest BCUT2D eigenvalue weighted by atomic mass is 10.0. The van der Waals surface area contributed by atoms with Crippen molar-refractivity contribution in [3.63, 3.8) is 0 Å². The van der Waals surface area contributed by atoms with Gasteiger partial charge in [0.1, 0.15) is 5.69 Å². The number of imidazole rings is 1. The molecule has 0 amide bonds. The van der Waals surface area contributed by atoms with Crippen LogP contribution in [0.1, 0.15) is 0 Å². The van der Waals surface area contributed by atoms with Crippen LogP contribution >= 0.6 is 0 Å². The molecule has 0 fully saturated rings. The Hall–Kier alpha value is -2.94. The number of hydrogen-bond donors (Lipinski definition) is 1. The first-order valence-corrected chi connectivity index (χ1v) is 6.87. The fraction of sp³-hybridized carbons (Fsp3) is 0. The number of fused-ring (bicyclic) bond motifs is 1. The minimum atomic E-state index is 0.800. The second kappa shape index (κ2) is 4.87. The van der Waals surface area contributed by atoms with Crippen LogP contribution in [0.4, 0.5) is 0 Å². The van der Waals surface area contributed by atoms with Crippen LogP contribution in [0.3, 0.4) is 0 Å². The van der Waals surface area contributed by atoms with Gasteiger partial charge in [-0.25, -0.2) is 4.98 Å². The number of hydrogen-bond acceptors (Lipinski definition) is 2. The number of benzene rings is 2. The lowest BCUT2D eigenvalue weighted by Gasteiger charge is -2.01. The van der Waals surface area contributed by atoms with E-state index in [2.05, 4.69) is 28.2 Å². The van der Waals surface area contributed by atoms with Gasteiger partial charge in [0.2, 0.25) is 0 Å². The number of pyridine rings is 1. The van der Waals surface area contributed by atoms with Crippen molar-refractivity contribution in [2.75, 3.05) is 0 Å². The Morgan fingerprint density at radius 3 is 2.43 bits per heavy atom. The number of rotatable bonds is 2. The average molecular weight is 271 g/mol. The third-order valence-electron chi connectivity index (χ3n) is 3.51. The highest BCUT2D eigenvalue weighted by Gasteiger charge is 2.10. The maximum atomic E-state index is 4.74. The van der Waals surface area contributed by atoms with Crippen LogP contribution in [0.5, 0.6) is 0 Å². The third kappa shape index (κ3) is 2.09. The van der Waals surface area contributed by atoms with Gasteiger partial charge >= 0.3 is 0 Å². The molecule has 0 unspecified atom stereocenters. The molecule has 4 rings (SSSR count). The summed E-state index contributed by atoms with van der Waals surface area (Å²) in [6.45, 7) is 0. The molecule has 2 aromatic carbocycles. The first-order chi connectivity index (χ1) is 10.4. The van der Waals surface area contributed by atoms with Crippen LogP contribution in [-0.2, 0) is 0 Å². The van der Waals surface area contributed by atoms with E-state index in [9.17, 15) is 0 Å². The molecule has 1 N–H and O–H groups in total. The molecule has 4 aromatic rings. The van der Waals surface area contributed by atoms with E-state index in [0.29, 0.717) is 0 Å². The van der Waals surface area contributed by atoms with E-state index in [0.717, 1.165) is 28.1 Å². The van der Waals surface area contributed by atoms with Crippen molar-refractivity contribution >= 4 is 11.0 Å². The lowest BCUT2D eigenvalue weighted by molar-refractivity contribution is 1.24. The van der Waals surface area contributed by atoms with E-state index >= 15 is 0 Å². The molecule has 0 aliphatic heterocycles. The Morgan fingerprint density at radius 1 is 0.762 bits per heavy atom. The van der Waals surface area contributed by atoms with E-state index in [4.69, 9.17) is 4.98 Å². The highest BCUT2D eigenvalue weighted by molar-refractivity contribution is 5.93. The molecule has 100 valence electrons. The van der Waals surface area contributed by atoms with Gasteiger partial charge in [0.25, 0.3) is 0 Å². The Bertz CT molecular complexity index is 880. The maximum Gasteiger partial charge on any atom is 0.157 e. The SMILES string of the molecule is c1ccc(-c2cccc3[nH]c(-c4ccccn4)nc23)cc1. The molecule has 0 bridgehead atoms. The predicted molar refractivity (Wildman–Crippen MR) is 84.8 cm³/mol. The monoisotopic (exact) mass is 271 g/mol. The molecule has 0 radical (unpaired) electrons. The van der Waals surface area contributed by atoms with Crippen molar-refractivity contribution < 1.29 is 0 Å². The smallest absolute Gasteiger partial charge is 0.157 e. The lowest BCUT2D eigenvalue weighted by Crippen LogP contribution is -1.83. The van der Waals surface area contributed by atoms with Crippen LogP contribution in [0, 0.1) is 0 Å². The van der Waals surface area contributed by atoms with Crippen molar-refractivity contribution in [1.29, 1.82) is 0 Å². The highest BCUT2D eigenvalue weighted by atomic mass is 14.9. The Kier molecular flexibility index (Phi) is 2.75. The van der Waals surface area contributed by atoms with Crippen LogP contribution in [0.25, 0.3) is 33.7 Å². The predicted octanol–water partition coefficient (Wildman–Crippen LogP) is 4.29. The molecule has 3 nitrogen and oxygen atoms in total. The zero-order chi connectivity index (χ0) is 14.1. The Morgan fingerprint density at radius 2 is 1.62 bits per heavy atom. The molecule has 0 spiro atoms. The number of para-hydroxylation sites is 1. The second-order valence-corrected chi connectivity index (χ2v) is 4.87. The molecular formula is C18H13N3. The minimum absolute atomic E-state index is 0.800. The molecule has 3 heteroatoms. The standard InChI is InChI=1S/C18H13N3/c1-2-7-13(8-3-1)14-9-6-11-15-17(14)21-18(20-15)16-10-4-5-12-19-16/h1-12H,(H,20,21). The second-order valence-electron chi connectivity index (χ2n) is 4.87. The number of nitrogens with zero attached hydrogens (tertiary/aromatic N) is 2. The summed E-state index contributed by atoms with van der Waals surface area (Å²) in [5, 5.41) is 0. The number of aromatic nitrogens is 3. The van der Waals surface area contributed by atoms with Gasteiger partial charge in [-0.1, -0.05) is 48.5 Å². The quantitative estimate of drug-likeness (QED) is 0.591. The summed E-state index contributed by atoms with van der Waals surface area (Å²) in [5.74, 6) is 0.800. The van der Waals surface area contributed by atoms with Crippen molar-refractivity contribution in [2.24, 2.45) is 0 Å². The molecule has 0 aliphatic rings. The first-order valence-electron chi connectivity index (χ1n) is 6.87. The highest BCUT2D eigenvalue weighted by Crippen LogP contribution is 2.28. The van der Waals surface area contributed by atoms with Gasteiger partial charge in [-0.2, -0.15) is 0 Å². The van der Waals surface area contributed by atoms with Crippen LogP contribution in [0.2, 0.25) is 0 Å². The average Bonchev–Trinajstić information content (AvgIpc) is 3.00. The van der Waals surface area contributed by atoms with Crippen molar-refractivity contribution in [3.8, 4) is 22.6 Å². The molecule has 0 aliphatic carbocycles. The topological polar surface area (TPSA) is 41.6 Å². The van der Waals surface area contributed by atoms with E-state index in [1.807, 2.05) is 48.5 Å².